The number of amides is 1. The number of nitrogens with two attached hydrogens (primary N) is 1. The molecule has 0 bridgehead atoms. The van der Waals surface area contributed by atoms with Crippen LogP contribution in [0.5, 0.6) is 0 Å². The van der Waals surface area contributed by atoms with Gasteiger partial charge in [0, 0.05) is 17.1 Å². The van der Waals surface area contributed by atoms with Crippen LogP contribution in [0.4, 0.5) is 0 Å². The van der Waals surface area contributed by atoms with Crippen molar-refractivity contribution in [3.8, 4) is 0 Å². The average molecular weight is 347 g/mol. The van der Waals surface area contributed by atoms with E-state index in [9.17, 15) is 9.59 Å². The van der Waals surface area contributed by atoms with Gasteiger partial charge in [-0.1, -0.05) is 41.9 Å². The maximum atomic E-state index is 12.0. The molecule has 0 aliphatic rings. The van der Waals surface area contributed by atoms with E-state index in [2.05, 4.69) is 5.32 Å². The lowest BCUT2D eigenvalue weighted by Crippen LogP contribution is -2.31. The van der Waals surface area contributed by atoms with E-state index in [4.69, 9.17) is 22.1 Å². The summed E-state index contributed by atoms with van der Waals surface area (Å²) in [5.74, 6) is -0.873. The fourth-order valence-electron chi connectivity index (χ4n) is 2.39. The van der Waals surface area contributed by atoms with Gasteiger partial charge in [0.2, 0.25) is 5.91 Å². The third-order valence-electron chi connectivity index (χ3n) is 3.63. The summed E-state index contributed by atoms with van der Waals surface area (Å²) in [6.07, 6.45) is 0.624. The van der Waals surface area contributed by atoms with Crippen molar-refractivity contribution in [1.29, 1.82) is 0 Å². The van der Waals surface area contributed by atoms with Crippen molar-refractivity contribution in [3.63, 3.8) is 0 Å². The molecule has 0 aliphatic carbocycles. The van der Waals surface area contributed by atoms with Gasteiger partial charge in [-0.2, -0.15) is 0 Å². The molecule has 0 unspecified atom stereocenters. The van der Waals surface area contributed by atoms with Gasteiger partial charge in [-0.05, 0) is 35.7 Å². The summed E-state index contributed by atoms with van der Waals surface area (Å²) in [5, 5.41) is 3.65. The number of benzene rings is 2. The predicted octanol–water partition coefficient (Wildman–Crippen LogP) is 2.49. The lowest BCUT2D eigenvalue weighted by atomic mass is 10.1. The standard InChI is InChI=1S/C18H19ClN2O3/c1-24-18(23)16(14-7-2-3-8-15(14)19)21-10-9-12-5-4-6-13(11-12)17(20)22/h2-8,11,16,21H,9-10H2,1H3,(H2,20,22)/t16-/m1/s1. The van der Waals surface area contributed by atoms with Gasteiger partial charge in [0.15, 0.2) is 0 Å². The zero-order valence-corrected chi connectivity index (χ0v) is 14.0. The molecule has 0 heterocycles. The van der Waals surface area contributed by atoms with E-state index in [1.54, 1.807) is 36.4 Å². The Kier molecular flexibility index (Phi) is 6.35. The number of methoxy groups -OCH3 is 1. The van der Waals surface area contributed by atoms with Crippen LogP contribution in [0, 0.1) is 0 Å². The summed E-state index contributed by atoms with van der Waals surface area (Å²) in [6.45, 7) is 0.507. The van der Waals surface area contributed by atoms with Gasteiger partial charge < -0.3 is 15.8 Å². The van der Waals surface area contributed by atoms with Gasteiger partial charge in [-0.3, -0.25) is 4.79 Å². The van der Waals surface area contributed by atoms with Crippen LogP contribution in [-0.2, 0) is 16.0 Å². The Morgan fingerprint density at radius 1 is 1.21 bits per heavy atom. The Bertz CT molecular complexity index is 734. The molecule has 0 radical (unpaired) electrons. The van der Waals surface area contributed by atoms with Crippen LogP contribution in [0.15, 0.2) is 48.5 Å². The molecule has 2 rings (SSSR count). The van der Waals surface area contributed by atoms with E-state index in [1.165, 1.54) is 7.11 Å². The summed E-state index contributed by atoms with van der Waals surface area (Å²) in [7, 11) is 1.34. The average Bonchev–Trinajstić information content (AvgIpc) is 2.59. The zero-order chi connectivity index (χ0) is 17.5. The normalized spacial score (nSPS) is 11.8. The van der Waals surface area contributed by atoms with E-state index in [-0.39, 0.29) is 0 Å². The number of nitrogens with one attached hydrogen (secondary N) is 1. The van der Waals surface area contributed by atoms with Crippen LogP contribution in [-0.4, -0.2) is 25.5 Å². The second-order valence-electron chi connectivity index (χ2n) is 5.25. The quantitative estimate of drug-likeness (QED) is 0.755. The molecule has 2 aromatic rings. The highest BCUT2D eigenvalue weighted by atomic mass is 35.5. The number of esters is 1. The minimum Gasteiger partial charge on any atom is -0.468 e. The molecule has 0 aliphatic heterocycles. The topological polar surface area (TPSA) is 81.4 Å². The third-order valence-corrected chi connectivity index (χ3v) is 3.97. The second-order valence-corrected chi connectivity index (χ2v) is 5.65. The Balaban J connectivity index is 2.06. The van der Waals surface area contributed by atoms with Crippen molar-refractivity contribution in [2.24, 2.45) is 5.73 Å². The van der Waals surface area contributed by atoms with E-state index < -0.39 is 17.9 Å². The minimum absolute atomic E-state index is 0.408. The van der Waals surface area contributed by atoms with Gasteiger partial charge in [0.1, 0.15) is 6.04 Å². The molecular formula is C18H19ClN2O3. The molecule has 24 heavy (non-hydrogen) atoms. The van der Waals surface area contributed by atoms with Gasteiger partial charge in [0.05, 0.1) is 7.11 Å². The fourth-order valence-corrected chi connectivity index (χ4v) is 2.63. The van der Waals surface area contributed by atoms with Crippen LogP contribution in [0.2, 0.25) is 5.02 Å². The highest BCUT2D eigenvalue weighted by Gasteiger charge is 2.22. The zero-order valence-electron chi connectivity index (χ0n) is 13.3. The maximum Gasteiger partial charge on any atom is 0.327 e. The largest absolute Gasteiger partial charge is 0.468 e. The number of halogens is 1. The van der Waals surface area contributed by atoms with Crippen LogP contribution < -0.4 is 11.1 Å². The molecule has 126 valence electrons. The first-order valence-electron chi connectivity index (χ1n) is 7.47. The summed E-state index contributed by atoms with van der Waals surface area (Å²) in [6, 6.07) is 13.6. The number of ether oxygens (including phenoxy) is 1. The molecule has 0 spiro atoms. The molecule has 0 fully saturated rings. The second kappa shape index (κ2) is 8.47. The van der Waals surface area contributed by atoms with Gasteiger partial charge >= 0.3 is 5.97 Å². The first kappa shape index (κ1) is 18.0. The van der Waals surface area contributed by atoms with Crippen molar-refractivity contribution in [2.75, 3.05) is 13.7 Å². The van der Waals surface area contributed by atoms with Gasteiger partial charge in [-0.15, -0.1) is 0 Å². The molecule has 1 atom stereocenters. The lowest BCUT2D eigenvalue weighted by Gasteiger charge is -2.18. The highest BCUT2D eigenvalue weighted by Crippen LogP contribution is 2.23. The fraction of sp³-hybridized carbons (Fsp3) is 0.222. The Morgan fingerprint density at radius 3 is 2.62 bits per heavy atom. The number of carbonyl (C=O) groups excluding carboxylic acids is 2. The third kappa shape index (κ3) is 4.57. The van der Waals surface area contributed by atoms with Gasteiger partial charge in [0.25, 0.3) is 0 Å². The Hall–Kier alpha value is -2.37. The van der Waals surface area contributed by atoms with Crippen molar-refractivity contribution >= 4 is 23.5 Å². The molecule has 0 aromatic heterocycles. The number of primary amides is 1. The summed E-state index contributed by atoms with van der Waals surface area (Å²) >= 11 is 6.17. The Morgan fingerprint density at radius 2 is 1.96 bits per heavy atom. The van der Waals surface area contributed by atoms with Crippen molar-refractivity contribution in [3.05, 3.63) is 70.2 Å². The number of hydrogen-bond donors (Lipinski definition) is 2. The predicted molar refractivity (Wildman–Crippen MR) is 92.9 cm³/mol. The first-order valence-corrected chi connectivity index (χ1v) is 7.85. The Labute approximate surface area is 145 Å². The van der Waals surface area contributed by atoms with Crippen molar-refractivity contribution in [2.45, 2.75) is 12.5 Å². The smallest absolute Gasteiger partial charge is 0.327 e. The monoisotopic (exact) mass is 346 g/mol. The molecule has 0 saturated carbocycles. The van der Waals surface area contributed by atoms with Crippen LogP contribution >= 0.6 is 11.6 Å². The summed E-state index contributed by atoms with van der Waals surface area (Å²) < 4.78 is 4.85. The molecular weight excluding hydrogens is 328 g/mol. The van der Waals surface area contributed by atoms with Gasteiger partial charge in [-0.25, -0.2) is 4.79 Å². The minimum atomic E-state index is -0.650. The molecule has 2 aromatic carbocycles. The van der Waals surface area contributed by atoms with Crippen LogP contribution in [0.1, 0.15) is 27.5 Å². The highest BCUT2D eigenvalue weighted by molar-refractivity contribution is 6.31. The van der Waals surface area contributed by atoms with E-state index in [0.717, 1.165) is 5.56 Å². The molecule has 5 nitrogen and oxygen atoms in total. The molecule has 3 N–H and O–H groups in total. The van der Waals surface area contributed by atoms with Crippen molar-refractivity contribution in [1.82, 2.24) is 5.32 Å². The number of carbonyl (C=O) groups is 2. The summed E-state index contributed by atoms with van der Waals surface area (Å²) in [4.78, 5) is 23.3. The molecule has 0 saturated heterocycles. The summed E-state index contributed by atoms with van der Waals surface area (Å²) in [5.41, 5.74) is 7.35. The molecule has 6 heteroatoms. The van der Waals surface area contributed by atoms with E-state index in [0.29, 0.717) is 29.1 Å². The SMILES string of the molecule is COC(=O)[C@H](NCCc1cccc(C(N)=O)c1)c1ccccc1Cl. The van der Waals surface area contributed by atoms with Crippen LogP contribution in [0.3, 0.4) is 0 Å². The van der Waals surface area contributed by atoms with E-state index in [1.807, 2.05) is 12.1 Å². The lowest BCUT2D eigenvalue weighted by molar-refractivity contribution is -0.143. The number of hydrogen-bond acceptors (Lipinski definition) is 4. The maximum absolute atomic E-state index is 12.0. The first-order chi connectivity index (χ1) is 11.5. The van der Waals surface area contributed by atoms with Crippen LogP contribution in [0.25, 0.3) is 0 Å². The van der Waals surface area contributed by atoms with E-state index >= 15 is 0 Å². The van der Waals surface area contributed by atoms with Crippen molar-refractivity contribution < 1.29 is 14.3 Å². The molecule has 1 amide bonds. The number of rotatable bonds is 7.